The predicted molar refractivity (Wildman–Crippen MR) is 107 cm³/mol. The van der Waals surface area contributed by atoms with Gasteiger partial charge in [-0.05, 0) is 30.3 Å². The smallest absolute Gasteiger partial charge is 0.261 e. The molecule has 0 spiro atoms. The van der Waals surface area contributed by atoms with Crippen molar-refractivity contribution in [2.24, 2.45) is 0 Å². The lowest BCUT2D eigenvalue weighted by atomic mass is 10.1. The largest absolute Gasteiger partial charge is 0.368 e. The van der Waals surface area contributed by atoms with Crippen LogP contribution in [0.25, 0.3) is 0 Å². The monoisotopic (exact) mass is 397 g/mol. The number of carbonyl (C=O) groups excluding carboxylic acids is 3. The number of halogens is 1. The van der Waals surface area contributed by atoms with Crippen molar-refractivity contribution in [2.75, 3.05) is 37.6 Å². The quantitative estimate of drug-likeness (QED) is 0.744. The van der Waals surface area contributed by atoms with Gasteiger partial charge in [-0.2, -0.15) is 0 Å². The number of nitrogens with zero attached hydrogens (tertiary/aromatic N) is 3. The highest BCUT2D eigenvalue weighted by molar-refractivity contribution is 6.30. The van der Waals surface area contributed by atoms with Gasteiger partial charge < -0.3 is 9.80 Å². The van der Waals surface area contributed by atoms with E-state index in [9.17, 15) is 14.4 Å². The number of benzene rings is 2. The number of carbonyl (C=O) groups is 3. The molecule has 0 atom stereocenters. The summed E-state index contributed by atoms with van der Waals surface area (Å²) in [6.45, 7) is 2.76. The SMILES string of the molecule is O=C(CCN1C(=O)c2ccccc2C1=O)N1CCN(c2cccc(Cl)c2)CC1. The molecular formula is C21H20ClN3O3. The van der Waals surface area contributed by atoms with Gasteiger partial charge in [0.25, 0.3) is 11.8 Å². The molecule has 144 valence electrons. The molecule has 0 unspecified atom stereocenters. The van der Waals surface area contributed by atoms with Crippen LogP contribution in [0.1, 0.15) is 27.1 Å². The first kappa shape index (κ1) is 18.5. The summed E-state index contributed by atoms with van der Waals surface area (Å²) in [6, 6.07) is 14.4. The molecule has 2 aromatic carbocycles. The first-order valence-corrected chi connectivity index (χ1v) is 9.66. The van der Waals surface area contributed by atoms with E-state index in [0.29, 0.717) is 29.2 Å². The number of hydrogen-bond donors (Lipinski definition) is 0. The van der Waals surface area contributed by atoms with Gasteiger partial charge in [0, 0.05) is 49.9 Å². The molecule has 4 rings (SSSR count). The predicted octanol–water partition coefficient (Wildman–Crippen LogP) is 2.67. The molecule has 0 aliphatic carbocycles. The molecule has 28 heavy (non-hydrogen) atoms. The molecule has 0 aromatic heterocycles. The average molecular weight is 398 g/mol. The first-order chi connectivity index (χ1) is 13.5. The number of anilines is 1. The second kappa shape index (κ2) is 7.64. The Hall–Kier alpha value is -2.86. The molecule has 0 radical (unpaired) electrons. The number of piperazine rings is 1. The topological polar surface area (TPSA) is 60.9 Å². The van der Waals surface area contributed by atoms with E-state index in [1.807, 2.05) is 24.3 Å². The summed E-state index contributed by atoms with van der Waals surface area (Å²) in [4.78, 5) is 42.5. The van der Waals surface area contributed by atoms with Gasteiger partial charge in [-0.1, -0.05) is 29.8 Å². The van der Waals surface area contributed by atoms with E-state index in [4.69, 9.17) is 11.6 Å². The number of hydrogen-bond acceptors (Lipinski definition) is 4. The Kier molecular flexibility index (Phi) is 5.05. The van der Waals surface area contributed by atoms with Crippen LogP contribution >= 0.6 is 11.6 Å². The maximum absolute atomic E-state index is 12.6. The average Bonchev–Trinajstić information content (AvgIpc) is 2.97. The summed E-state index contributed by atoms with van der Waals surface area (Å²) in [5, 5.41) is 0.692. The zero-order valence-corrected chi connectivity index (χ0v) is 16.1. The van der Waals surface area contributed by atoms with Crippen molar-refractivity contribution in [3.05, 3.63) is 64.7 Å². The molecule has 0 N–H and O–H groups in total. The maximum atomic E-state index is 12.6. The Balaban J connectivity index is 1.31. The zero-order valence-electron chi connectivity index (χ0n) is 15.3. The van der Waals surface area contributed by atoms with Gasteiger partial charge in [0.2, 0.25) is 5.91 Å². The van der Waals surface area contributed by atoms with Gasteiger partial charge in [-0.15, -0.1) is 0 Å². The lowest BCUT2D eigenvalue weighted by Crippen LogP contribution is -2.49. The molecule has 2 heterocycles. The van der Waals surface area contributed by atoms with E-state index in [1.165, 1.54) is 4.90 Å². The summed E-state index contributed by atoms with van der Waals surface area (Å²) in [7, 11) is 0. The van der Waals surface area contributed by atoms with Crippen molar-refractivity contribution in [3.63, 3.8) is 0 Å². The van der Waals surface area contributed by atoms with Crippen LogP contribution in [0.5, 0.6) is 0 Å². The molecule has 2 aromatic rings. The third kappa shape index (κ3) is 3.47. The summed E-state index contributed by atoms with van der Waals surface area (Å²) in [5.41, 5.74) is 1.87. The number of imide groups is 1. The van der Waals surface area contributed by atoms with Crippen molar-refractivity contribution in [3.8, 4) is 0 Å². The molecule has 2 aliphatic heterocycles. The third-order valence-corrected chi connectivity index (χ3v) is 5.47. The van der Waals surface area contributed by atoms with Crippen LogP contribution in [0.3, 0.4) is 0 Å². The second-order valence-electron chi connectivity index (χ2n) is 6.91. The van der Waals surface area contributed by atoms with Crippen LogP contribution in [-0.4, -0.2) is 60.2 Å². The van der Waals surface area contributed by atoms with Gasteiger partial charge in [-0.25, -0.2) is 0 Å². The molecule has 2 aliphatic rings. The minimum absolute atomic E-state index is 0.0395. The lowest BCUT2D eigenvalue weighted by Gasteiger charge is -2.36. The fourth-order valence-corrected chi connectivity index (χ4v) is 3.88. The normalized spacial score (nSPS) is 16.5. The molecular weight excluding hydrogens is 378 g/mol. The van der Waals surface area contributed by atoms with Gasteiger partial charge >= 0.3 is 0 Å². The highest BCUT2D eigenvalue weighted by Crippen LogP contribution is 2.23. The Bertz CT molecular complexity index is 903. The lowest BCUT2D eigenvalue weighted by molar-refractivity contribution is -0.131. The summed E-state index contributed by atoms with van der Waals surface area (Å²) in [5.74, 6) is -0.680. The van der Waals surface area contributed by atoms with E-state index in [1.54, 1.807) is 29.2 Å². The summed E-state index contributed by atoms with van der Waals surface area (Å²) in [6.07, 6.45) is 0.142. The molecule has 3 amide bonds. The molecule has 7 heteroatoms. The van der Waals surface area contributed by atoms with Crippen LogP contribution < -0.4 is 4.90 Å². The van der Waals surface area contributed by atoms with E-state index in [-0.39, 0.29) is 30.7 Å². The number of fused-ring (bicyclic) bond motifs is 1. The Morgan fingerprint density at radius 1 is 0.893 bits per heavy atom. The molecule has 1 fully saturated rings. The maximum Gasteiger partial charge on any atom is 0.261 e. The summed E-state index contributed by atoms with van der Waals surface area (Å²) >= 11 is 6.05. The standard InChI is InChI=1S/C21H20ClN3O3/c22-15-4-3-5-16(14-15)23-10-12-24(13-11-23)19(26)8-9-25-20(27)17-6-1-2-7-18(17)21(25)28/h1-7,14H,8-13H2. The fourth-order valence-electron chi connectivity index (χ4n) is 3.69. The van der Waals surface area contributed by atoms with Crippen LogP contribution in [0, 0.1) is 0 Å². The molecule has 1 saturated heterocycles. The van der Waals surface area contributed by atoms with E-state index in [0.717, 1.165) is 18.8 Å². The second-order valence-corrected chi connectivity index (χ2v) is 7.34. The van der Waals surface area contributed by atoms with Crippen molar-refractivity contribution in [2.45, 2.75) is 6.42 Å². The minimum Gasteiger partial charge on any atom is -0.368 e. The fraction of sp³-hybridized carbons (Fsp3) is 0.286. The van der Waals surface area contributed by atoms with E-state index >= 15 is 0 Å². The van der Waals surface area contributed by atoms with Crippen LogP contribution in [0.4, 0.5) is 5.69 Å². The van der Waals surface area contributed by atoms with Crippen molar-refractivity contribution in [1.29, 1.82) is 0 Å². The first-order valence-electron chi connectivity index (χ1n) is 9.28. The van der Waals surface area contributed by atoms with Crippen LogP contribution in [-0.2, 0) is 4.79 Å². The third-order valence-electron chi connectivity index (χ3n) is 5.23. The Morgan fingerprint density at radius 3 is 2.14 bits per heavy atom. The number of rotatable bonds is 4. The van der Waals surface area contributed by atoms with Gasteiger partial charge in [0.1, 0.15) is 0 Å². The molecule has 0 saturated carbocycles. The zero-order chi connectivity index (χ0) is 19.7. The van der Waals surface area contributed by atoms with Crippen molar-refractivity contribution < 1.29 is 14.4 Å². The van der Waals surface area contributed by atoms with Crippen LogP contribution in [0.2, 0.25) is 5.02 Å². The van der Waals surface area contributed by atoms with E-state index in [2.05, 4.69) is 4.90 Å². The molecule has 0 bridgehead atoms. The van der Waals surface area contributed by atoms with E-state index < -0.39 is 0 Å². The summed E-state index contributed by atoms with van der Waals surface area (Å²) < 4.78 is 0. The van der Waals surface area contributed by atoms with Crippen LogP contribution in [0.15, 0.2) is 48.5 Å². The minimum atomic E-state index is -0.320. The van der Waals surface area contributed by atoms with Gasteiger partial charge in [0.15, 0.2) is 0 Å². The highest BCUT2D eigenvalue weighted by atomic mass is 35.5. The van der Waals surface area contributed by atoms with Gasteiger partial charge in [0.05, 0.1) is 11.1 Å². The van der Waals surface area contributed by atoms with Gasteiger partial charge in [-0.3, -0.25) is 19.3 Å². The number of amides is 3. The molecule has 6 nitrogen and oxygen atoms in total. The van der Waals surface area contributed by atoms with Crippen molar-refractivity contribution in [1.82, 2.24) is 9.80 Å². The van der Waals surface area contributed by atoms with Crippen molar-refractivity contribution >= 4 is 35.0 Å². The Labute approximate surface area is 168 Å². The highest BCUT2D eigenvalue weighted by Gasteiger charge is 2.35. The Morgan fingerprint density at radius 2 is 1.54 bits per heavy atom.